The lowest BCUT2D eigenvalue weighted by Gasteiger charge is -2.34. The molecule has 0 amide bonds. The SMILES string of the molecule is CN1CC2CC1CN2c1cc2c(cc1F)c(=O)c(C(=O)O)cn2-c1ccc(F)cc1. The molecule has 154 valence electrons. The Morgan fingerprint density at radius 2 is 1.83 bits per heavy atom. The zero-order valence-electron chi connectivity index (χ0n) is 16.2. The molecule has 2 aliphatic heterocycles. The maximum absolute atomic E-state index is 15.1. The van der Waals surface area contributed by atoms with Gasteiger partial charge in [0.25, 0.3) is 0 Å². The van der Waals surface area contributed by atoms with Crippen molar-refractivity contribution in [2.75, 3.05) is 25.0 Å². The summed E-state index contributed by atoms with van der Waals surface area (Å²) in [5.74, 6) is -2.39. The van der Waals surface area contributed by atoms with Gasteiger partial charge in [-0.15, -0.1) is 0 Å². The molecule has 0 radical (unpaired) electrons. The number of anilines is 1. The second-order valence-corrected chi connectivity index (χ2v) is 7.98. The number of aromatic carboxylic acids is 1. The molecule has 2 atom stereocenters. The zero-order valence-corrected chi connectivity index (χ0v) is 16.2. The lowest BCUT2D eigenvalue weighted by Crippen LogP contribution is -2.44. The number of likely N-dealkylation sites (N-methyl/N-ethyl adjacent to an activating group) is 1. The van der Waals surface area contributed by atoms with Gasteiger partial charge in [-0.05, 0) is 49.9 Å². The van der Waals surface area contributed by atoms with Crippen molar-refractivity contribution >= 4 is 22.6 Å². The fourth-order valence-corrected chi connectivity index (χ4v) is 4.68. The Labute approximate surface area is 170 Å². The van der Waals surface area contributed by atoms with Crippen LogP contribution in [0.1, 0.15) is 16.8 Å². The summed E-state index contributed by atoms with van der Waals surface area (Å²) in [6.45, 7) is 1.53. The molecule has 2 bridgehead atoms. The summed E-state index contributed by atoms with van der Waals surface area (Å²) < 4.78 is 30.0. The molecule has 0 saturated carbocycles. The van der Waals surface area contributed by atoms with E-state index in [-0.39, 0.29) is 11.4 Å². The standard InChI is InChI=1S/C22H19F2N3O3/c1-25-9-15-6-14(25)10-26(15)20-8-19-16(7-18(20)24)21(28)17(22(29)30)11-27(19)13-4-2-12(23)3-5-13/h2-5,7-8,11,14-15H,6,9-10H2,1H3,(H,29,30). The topological polar surface area (TPSA) is 65.8 Å². The van der Waals surface area contributed by atoms with Crippen LogP contribution >= 0.6 is 0 Å². The number of fused-ring (bicyclic) bond motifs is 3. The highest BCUT2D eigenvalue weighted by atomic mass is 19.1. The number of carbonyl (C=O) groups is 1. The van der Waals surface area contributed by atoms with Gasteiger partial charge < -0.3 is 14.6 Å². The Kier molecular flexibility index (Phi) is 4.14. The Morgan fingerprint density at radius 1 is 1.10 bits per heavy atom. The number of rotatable bonds is 3. The third-order valence-corrected chi connectivity index (χ3v) is 6.23. The number of halogens is 2. The van der Waals surface area contributed by atoms with Crippen molar-refractivity contribution in [3.63, 3.8) is 0 Å². The fourth-order valence-electron chi connectivity index (χ4n) is 4.68. The van der Waals surface area contributed by atoms with Crippen LogP contribution in [0.3, 0.4) is 0 Å². The van der Waals surface area contributed by atoms with Gasteiger partial charge in [0, 0.05) is 42.4 Å². The molecule has 1 N–H and O–H groups in total. The molecule has 0 aliphatic carbocycles. The van der Waals surface area contributed by atoms with Gasteiger partial charge in [-0.2, -0.15) is 0 Å². The molecular weight excluding hydrogens is 392 g/mol. The van der Waals surface area contributed by atoms with Gasteiger partial charge in [0.2, 0.25) is 5.43 Å². The number of aromatic nitrogens is 1. The third kappa shape index (κ3) is 2.79. The van der Waals surface area contributed by atoms with E-state index >= 15 is 4.39 Å². The van der Waals surface area contributed by atoms with Gasteiger partial charge in [-0.25, -0.2) is 13.6 Å². The minimum atomic E-state index is -1.40. The van der Waals surface area contributed by atoms with Crippen LogP contribution in [-0.4, -0.2) is 52.8 Å². The number of nitrogens with zero attached hydrogens (tertiary/aromatic N) is 3. The maximum Gasteiger partial charge on any atom is 0.341 e. The lowest BCUT2D eigenvalue weighted by molar-refractivity contribution is 0.0695. The molecule has 5 rings (SSSR count). The van der Waals surface area contributed by atoms with Crippen LogP contribution < -0.4 is 10.3 Å². The first-order chi connectivity index (χ1) is 14.3. The van der Waals surface area contributed by atoms with E-state index in [9.17, 15) is 19.1 Å². The van der Waals surface area contributed by atoms with Crippen LogP contribution in [0.25, 0.3) is 16.6 Å². The summed E-state index contributed by atoms with van der Waals surface area (Å²) in [5.41, 5.74) is 0.0273. The lowest BCUT2D eigenvalue weighted by atomic mass is 10.1. The van der Waals surface area contributed by atoms with Crippen molar-refractivity contribution < 1.29 is 18.7 Å². The van der Waals surface area contributed by atoms with Crippen molar-refractivity contribution in [3.05, 3.63) is 70.0 Å². The van der Waals surface area contributed by atoms with E-state index < -0.39 is 28.6 Å². The number of hydrogen-bond acceptors (Lipinski definition) is 4. The van der Waals surface area contributed by atoms with Crippen LogP contribution in [-0.2, 0) is 0 Å². The average Bonchev–Trinajstić information content (AvgIpc) is 3.28. The number of carboxylic acids is 1. The van der Waals surface area contributed by atoms with E-state index in [2.05, 4.69) is 11.9 Å². The maximum atomic E-state index is 15.1. The largest absolute Gasteiger partial charge is 0.477 e. The summed E-state index contributed by atoms with van der Waals surface area (Å²) in [6, 6.07) is 8.74. The van der Waals surface area contributed by atoms with E-state index in [1.807, 2.05) is 4.90 Å². The van der Waals surface area contributed by atoms with Crippen LogP contribution in [0.4, 0.5) is 14.5 Å². The van der Waals surface area contributed by atoms with Crippen molar-refractivity contribution in [2.24, 2.45) is 0 Å². The van der Waals surface area contributed by atoms with E-state index in [4.69, 9.17) is 0 Å². The molecule has 1 aromatic heterocycles. The van der Waals surface area contributed by atoms with Crippen LogP contribution in [0.5, 0.6) is 0 Å². The molecule has 2 fully saturated rings. The smallest absolute Gasteiger partial charge is 0.341 e. The number of hydrogen-bond donors (Lipinski definition) is 1. The first-order valence-electron chi connectivity index (χ1n) is 9.68. The van der Waals surface area contributed by atoms with Gasteiger partial charge in [-0.1, -0.05) is 0 Å². The molecule has 0 spiro atoms. The van der Waals surface area contributed by atoms with E-state index in [1.165, 1.54) is 35.0 Å². The number of piperazine rings is 1. The predicted octanol–water partition coefficient (Wildman–Crippen LogP) is 2.86. The second-order valence-electron chi connectivity index (χ2n) is 7.98. The van der Waals surface area contributed by atoms with Crippen LogP contribution in [0.15, 0.2) is 47.4 Å². The Bertz CT molecular complexity index is 1240. The first-order valence-corrected chi connectivity index (χ1v) is 9.68. The van der Waals surface area contributed by atoms with Gasteiger partial charge in [-0.3, -0.25) is 9.69 Å². The van der Waals surface area contributed by atoms with Crippen LogP contribution in [0, 0.1) is 11.6 Å². The summed E-state index contributed by atoms with van der Waals surface area (Å²) in [6.07, 6.45) is 2.17. The highest BCUT2D eigenvalue weighted by Gasteiger charge is 2.42. The molecule has 6 nitrogen and oxygen atoms in total. The molecule has 3 heterocycles. The molecule has 2 saturated heterocycles. The molecule has 30 heavy (non-hydrogen) atoms. The fraction of sp³-hybridized carbons (Fsp3) is 0.273. The van der Waals surface area contributed by atoms with Gasteiger partial charge in [0.15, 0.2) is 0 Å². The number of likely N-dealkylation sites (tertiary alicyclic amines) is 1. The number of pyridine rings is 1. The highest BCUT2D eigenvalue weighted by Crippen LogP contribution is 2.36. The summed E-state index contributed by atoms with van der Waals surface area (Å²) in [7, 11) is 2.05. The van der Waals surface area contributed by atoms with Crippen molar-refractivity contribution in [2.45, 2.75) is 18.5 Å². The minimum Gasteiger partial charge on any atom is -0.477 e. The summed E-state index contributed by atoms with van der Waals surface area (Å²) >= 11 is 0. The van der Waals surface area contributed by atoms with E-state index in [0.29, 0.717) is 29.5 Å². The molecule has 2 aromatic carbocycles. The van der Waals surface area contributed by atoms with Gasteiger partial charge >= 0.3 is 5.97 Å². The van der Waals surface area contributed by atoms with Crippen LogP contribution in [0.2, 0.25) is 0 Å². The summed E-state index contributed by atoms with van der Waals surface area (Å²) in [5, 5.41) is 9.43. The predicted molar refractivity (Wildman–Crippen MR) is 109 cm³/mol. The molecule has 2 unspecified atom stereocenters. The normalized spacial score (nSPS) is 21.0. The molecule has 3 aromatic rings. The van der Waals surface area contributed by atoms with Crippen molar-refractivity contribution in [1.29, 1.82) is 0 Å². The monoisotopic (exact) mass is 411 g/mol. The van der Waals surface area contributed by atoms with E-state index in [1.54, 1.807) is 6.07 Å². The summed E-state index contributed by atoms with van der Waals surface area (Å²) in [4.78, 5) is 28.6. The quantitative estimate of drug-likeness (QED) is 0.718. The van der Waals surface area contributed by atoms with Crippen molar-refractivity contribution in [1.82, 2.24) is 9.47 Å². The second kappa shape index (κ2) is 6.63. The first kappa shape index (κ1) is 18.7. The number of benzene rings is 2. The van der Waals surface area contributed by atoms with Gasteiger partial charge in [0.1, 0.15) is 17.2 Å². The Hall–Kier alpha value is -3.26. The van der Waals surface area contributed by atoms with Gasteiger partial charge in [0.05, 0.1) is 11.2 Å². The zero-order chi connectivity index (χ0) is 21.2. The average molecular weight is 411 g/mol. The van der Waals surface area contributed by atoms with E-state index in [0.717, 1.165) is 19.0 Å². The minimum absolute atomic E-state index is 0.0260. The number of carboxylic acid groups (broad SMARTS) is 1. The molecular formula is C22H19F2N3O3. The highest BCUT2D eigenvalue weighted by molar-refractivity contribution is 5.94. The Morgan fingerprint density at radius 3 is 2.43 bits per heavy atom. The van der Waals surface area contributed by atoms with Crippen molar-refractivity contribution in [3.8, 4) is 5.69 Å². The Balaban J connectivity index is 1.75. The third-order valence-electron chi connectivity index (χ3n) is 6.23. The molecule has 2 aliphatic rings. The molecule has 8 heteroatoms.